The van der Waals surface area contributed by atoms with E-state index in [9.17, 15) is 19.2 Å². The predicted octanol–water partition coefficient (Wildman–Crippen LogP) is 3.67. The van der Waals surface area contributed by atoms with E-state index in [1.807, 2.05) is 0 Å². The fraction of sp³-hybridized carbons (Fsp3) is 0.783. The number of carbonyl (C=O) groups is 4. The van der Waals surface area contributed by atoms with Gasteiger partial charge in [0.2, 0.25) is 0 Å². The number of alkyl carbamates (subject to hydrolysis) is 2. The molecule has 0 heterocycles. The Morgan fingerprint density at radius 1 is 0.727 bits per heavy atom. The fourth-order valence-corrected chi connectivity index (χ4v) is 2.33. The Morgan fingerprint density at radius 2 is 1.15 bits per heavy atom. The molecule has 10 heteroatoms. The van der Waals surface area contributed by atoms with Gasteiger partial charge in [0, 0.05) is 25.9 Å². The Morgan fingerprint density at radius 3 is 1.58 bits per heavy atom. The first kappa shape index (κ1) is 30.5. The minimum atomic E-state index is -0.796. The summed E-state index contributed by atoms with van der Waals surface area (Å²) in [7, 11) is 0. The number of hydrogen-bond acceptors (Lipinski definition) is 8. The first-order valence-corrected chi connectivity index (χ1v) is 11.3. The molecule has 2 N–H and O–H groups in total. The van der Waals surface area contributed by atoms with E-state index in [2.05, 4.69) is 17.6 Å². The zero-order chi connectivity index (χ0) is 25.5. The lowest BCUT2D eigenvalue weighted by Crippen LogP contribution is -2.33. The summed E-state index contributed by atoms with van der Waals surface area (Å²) in [6.45, 7) is 15.0. The maximum absolute atomic E-state index is 11.8. The largest absolute Gasteiger partial charge is 0.462 e. The summed E-state index contributed by atoms with van der Waals surface area (Å²) in [5.41, 5.74) is -1.11. The number of ether oxygens (including phenoxy) is 4. The molecule has 0 spiro atoms. The van der Waals surface area contributed by atoms with E-state index >= 15 is 0 Å². The molecule has 0 fully saturated rings. The monoisotopic (exact) mass is 473 g/mol. The van der Waals surface area contributed by atoms with Crippen molar-refractivity contribution in [3.8, 4) is 0 Å². The topological polar surface area (TPSA) is 129 Å². The molecule has 0 aliphatic heterocycles. The third kappa shape index (κ3) is 21.1. The average Bonchev–Trinajstić information content (AvgIpc) is 2.63. The zero-order valence-electron chi connectivity index (χ0n) is 20.9. The molecule has 0 aromatic rings. The molecular weight excluding hydrogens is 432 g/mol. The minimum Gasteiger partial charge on any atom is -0.462 e. The lowest BCUT2D eigenvalue weighted by Gasteiger charge is -2.19. The van der Waals surface area contributed by atoms with Gasteiger partial charge in [0.15, 0.2) is 0 Å². The molecule has 2 amide bonds. The Balaban J connectivity index is 3.75. The van der Waals surface area contributed by atoms with Gasteiger partial charge < -0.3 is 29.6 Å². The van der Waals surface area contributed by atoms with Crippen LogP contribution in [-0.4, -0.2) is 61.1 Å². The van der Waals surface area contributed by atoms with Crippen LogP contribution < -0.4 is 10.6 Å². The van der Waals surface area contributed by atoms with E-state index in [1.165, 1.54) is 0 Å². The van der Waals surface area contributed by atoms with Gasteiger partial charge >= 0.3 is 24.1 Å². The van der Waals surface area contributed by atoms with E-state index in [-0.39, 0.29) is 19.4 Å². The highest BCUT2D eigenvalue weighted by atomic mass is 16.6. The molecule has 0 rings (SSSR count). The van der Waals surface area contributed by atoms with Crippen LogP contribution in [0.5, 0.6) is 0 Å². The standard InChI is InChI=1S/C23H41N2O8/c1-17(31-19(27)13-9-11-15-25-21(29)33-23(5,6)7)16-30-18(26)12-8-10-14-24-20(28)32-22(2,3)4/h17H,1,8-16H2,2-7H3,(H,24,28)(H,25,29). The van der Waals surface area contributed by atoms with Crippen molar-refractivity contribution in [2.45, 2.75) is 97.4 Å². The molecular formula is C23H41N2O8. The maximum atomic E-state index is 11.8. The zero-order valence-corrected chi connectivity index (χ0v) is 20.9. The van der Waals surface area contributed by atoms with E-state index in [1.54, 1.807) is 41.5 Å². The van der Waals surface area contributed by atoms with Gasteiger partial charge in [-0.2, -0.15) is 0 Å². The third-order valence-electron chi connectivity index (χ3n) is 3.68. The molecule has 1 radical (unpaired) electrons. The lowest BCUT2D eigenvalue weighted by atomic mass is 10.2. The summed E-state index contributed by atoms with van der Waals surface area (Å²) < 4.78 is 20.4. The number of unbranched alkanes of at least 4 members (excludes halogenated alkanes) is 2. The van der Waals surface area contributed by atoms with Crippen LogP contribution in [0.3, 0.4) is 0 Å². The molecule has 10 nitrogen and oxygen atoms in total. The van der Waals surface area contributed by atoms with Crippen LogP contribution in [0.25, 0.3) is 0 Å². The highest BCUT2D eigenvalue weighted by Gasteiger charge is 2.17. The van der Waals surface area contributed by atoms with Crippen molar-refractivity contribution in [3.05, 3.63) is 6.92 Å². The van der Waals surface area contributed by atoms with Gasteiger partial charge in [0.05, 0.1) is 0 Å². The smallest absolute Gasteiger partial charge is 0.407 e. The van der Waals surface area contributed by atoms with Crippen molar-refractivity contribution in [1.29, 1.82) is 0 Å². The van der Waals surface area contributed by atoms with Crippen molar-refractivity contribution in [2.75, 3.05) is 19.7 Å². The first-order chi connectivity index (χ1) is 15.2. The van der Waals surface area contributed by atoms with Gasteiger partial charge in [-0.05, 0) is 74.1 Å². The van der Waals surface area contributed by atoms with E-state index in [0.29, 0.717) is 38.8 Å². The van der Waals surface area contributed by atoms with Crippen LogP contribution in [0, 0.1) is 6.92 Å². The van der Waals surface area contributed by atoms with E-state index in [0.717, 1.165) is 0 Å². The Hall–Kier alpha value is -2.52. The molecule has 0 aliphatic carbocycles. The third-order valence-corrected chi connectivity index (χ3v) is 3.68. The minimum absolute atomic E-state index is 0.124. The lowest BCUT2D eigenvalue weighted by molar-refractivity contribution is -0.156. The fourth-order valence-electron chi connectivity index (χ4n) is 2.33. The second-order valence-corrected chi connectivity index (χ2v) is 9.57. The maximum Gasteiger partial charge on any atom is 0.407 e. The molecule has 0 saturated heterocycles. The van der Waals surface area contributed by atoms with Crippen molar-refractivity contribution >= 4 is 24.1 Å². The molecule has 1 atom stereocenters. The molecule has 0 aromatic heterocycles. The predicted molar refractivity (Wildman–Crippen MR) is 122 cm³/mol. The van der Waals surface area contributed by atoms with Gasteiger partial charge in [-0.1, -0.05) is 0 Å². The summed E-state index contributed by atoms with van der Waals surface area (Å²) in [5, 5.41) is 5.23. The van der Waals surface area contributed by atoms with Crippen LogP contribution in [0.4, 0.5) is 9.59 Å². The molecule has 1 unspecified atom stereocenters. The number of hydrogen-bond donors (Lipinski definition) is 2. The van der Waals surface area contributed by atoms with Crippen molar-refractivity contribution in [3.63, 3.8) is 0 Å². The molecule has 0 aromatic carbocycles. The van der Waals surface area contributed by atoms with Crippen LogP contribution in [0.15, 0.2) is 0 Å². The normalized spacial score (nSPS) is 12.3. The summed E-state index contributed by atoms with van der Waals surface area (Å²) in [6, 6.07) is 0. The molecule has 0 saturated carbocycles. The molecule has 0 bridgehead atoms. The van der Waals surface area contributed by atoms with E-state index < -0.39 is 41.4 Å². The summed E-state index contributed by atoms with van der Waals surface area (Å²) in [4.78, 5) is 46.6. The Kier molecular flexibility index (Phi) is 14.2. The van der Waals surface area contributed by atoms with Gasteiger partial charge in [0.25, 0.3) is 0 Å². The summed E-state index contributed by atoms with van der Waals surface area (Å²) in [5.74, 6) is -0.873. The number of carbonyl (C=O) groups excluding carboxylic acids is 4. The second kappa shape index (κ2) is 15.3. The average molecular weight is 474 g/mol. The van der Waals surface area contributed by atoms with Crippen molar-refractivity contribution < 1.29 is 38.1 Å². The van der Waals surface area contributed by atoms with Gasteiger partial charge in [-0.25, -0.2) is 9.59 Å². The number of nitrogens with one attached hydrogen (secondary N) is 2. The van der Waals surface area contributed by atoms with Crippen molar-refractivity contribution in [1.82, 2.24) is 10.6 Å². The van der Waals surface area contributed by atoms with Crippen LogP contribution in [0.1, 0.15) is 80.1 Å². The molecule has 33 heavy (non-hydrogen) atoms. The van der Waals surface area contributed by atoms with E-state index in [4.69, 9.17) is 18.9 Å². The van der Waals surface area contributed by atoms with Gasteiger partial charge in [0.1, 0.15) is 23.9 Å². The van der Waals surface area contributed by atoms with Crippen LogP contribution in [0.2, 0.25) is 0 Å². The second-order valence-electron chi connectivity index (χ2n) is 9.57. The Labute approximate surface area is 197 Å². The van der Waals surface area contributed by atoms with Gasteiger partial charge in [-0.3, -0.25) is 9.59 Å². The highest BCUT2D eigenvalue weighted by molar-refractivity contribution is 5.70. The molecule has 191 valence electrons. The van der Waals surface area contributed by atoms with Crippen LogP contribution >= 0.6 is 0 Å². The Bertz CT molecular complexity index is 623. The summed E-state index contributed by atoms with van der Waals surface area (Å²) in [6.07, 6.45) is 0.812. The van der Waals surface area contributed by atoms with Crippen LogP contribution in [-0.2, 0) is 28.5 Å². The summed E-state index contributed by atoms with van der Waals surface area (Å²) >= 11 is 0. The number of rotatable bonds is 13. The SMILES string of the molecule is [CH2]C(COC(=O)CCCCNC(=O)OC(C)(C)C)OC(=O)CCCCNC(=O)OC(C)(C)C. The molecule has 0 aliphatic rings. The number of esters is 2. The number of amides is 2. The van der Waals surface area contributed by atoms with Crippen molar-refractivity contribution in [2.24, 2.45) is 0 Å². The quantitative estimate of drug-likeness (QED) is 0.235. The first-order valence-electron chi connectivity index (χ1n) is 11.3. The highest BCUT2D eigenvalue weighted by Crippen LogP contribution is 2.08. The van der Waals surface area contributed by atoms with Gasteiger partial charge in [-0.15, -0.1) is 0 Å².